The lowest BCUT2D eigenvalue weighted by Gasteiger charge is -2.15. The van der Waals surface area contributed by atoms with E-state index >= 15 is 0 Å². The second kappa shape index (κ2) is 3.97. The first-order chi connectivity index (χ1) is 4.88. The predicted molar refractivity (Wildman–Crippen MR) is 44.8 cm³/mol. The quantitative estimate of drug-likeness (QED) is 0.640. The first-order valence-electron chi connectivity index (χ1n) is 4.58. The standard InChI is InChI=1S/C9H19N/c1-2-4-8-5-3-6-9(8)7-10/h8-9H,2-7,10H2,1H3/t8-,9-/m1/s1. The van der Waals surface area contributed by atoms with Crippen molar-refractivity contribution in [2.75, 3.05) is 6.54 Å². The third-order valence-corrected chi connectivity index (χ3v) is 2.78. The Kier molecular flexibility index (Phi) is 3.20. The average Bonchev–Trinajstić information content (AvgIpc) is 2.36. The molecule has 0 aromatic heterocycles. The van der Waals surface area contributed by atoms with Gasteiger partial charge in [-0.1, -0.05) is 32.6 Å². The van der Waals surface area contributed by atoms with E-state index in [4.69, 9.17) is 5.73 Å². The first-order valence-corrected chi connectivity index (χ1v) is 4.58. The molecule has 1 saturated carbocycles. The van der Waals surface area contributed by atoms with Gasteiger partial charge in [0.2, 0.25) is 0 Å². The summed E-state index contributed by atoms with van der Waals surface area (Å²) in [5, 5.41) is 0. The first kappa shape index (κ1) is 8.06. The van der Waals surface area contributed by atoms with E-state index in [1.54, 1.807) is 0 Å². The van der Waals surface area contributed by atoms with Crippen molar-refractivity contribution in [3.8, 4) is 0 Å². The summed E-state index contributed by atoms with van der Waals surface area (Å²) < 4.78 is 0. The summed E-state index contributed by atoms with van der Waals surface area (Å²) in [5.74, 6) is 1.83. The normalized spacial score (nSPS) is 33.0. The topological polar surface area (TPSA) is 26.0 Å². The van der Waals surface area contributed by atoms with Gasteiger partial charge in [0.1, 0.15) is 0 Å². The summed E-state index contributed by atoms with van der Waals surface area (Å²) in [5.41, 5.74) is 5.65. The smallest absolute Gasteiger partial charge is 0.00462 e. The highest BCUT2D eigenvalue weighted by Gasteiger charge is 2.24. The Hall–Kier alpha value is -0.0400. The van der Waals surface area contributed by atoms with E-state index in [0.717, 1.165) is 18.4 Å². The monoisotopic (exact) mass is 141 g/mol. The molecule has 1 rings (SSSR count). The molecule has 0 amide bonds. The molecule has 10 heavy (non-hydrogen) atoms. The molecule has 60 valence electrons. The van der Waals surface area contributed by atoms with E-state index in [9.17, 15) is 0 Å². The Morgan fingerprint density at radius 3 is 2.60 bits per heavy atom. The molecule has 0 radical (unpaired) electrons. The van der Waals surface area contributed by atoms with E-state index in [2.05, 4.69) is 6.92 Å². The van der Waals surface area contributed by atoms with Crippen molar-refractivity contribution in [2.24, 2.45) is 17.6 Å². The zero-order chi connectivity index (χ0) is 7.40. The summed E-state index contributed by atoms with van der Waals surface area (Å²) in [6, 6.07) is 0. The number of hydrogen-bond acceptors (Lipinski definition) is 1. The summed E-state index contributed by atoms with van der Waals surface area (Å²) in [7, 11) is 0. The Morgan fingerprint density at radius 2 is 2.00 bits per heavy atom. The van der Waals surface area contributed by atoms with Gasteiger partial charge < -0.3 is 5.73 Å². The SMILES string of the molecule is CCC[C@@H]1CCC[C@@H]1CN. The molecule has 0 spiro atoms. The van der Waals surface area contributed by atoms with Crippen LogP contribution in [0, 0.1) is 11.8 Å². The molecule has 1 aliphatic carbocycles. The van der Waals surface area contributed by atoms with E-state index in [0.29, 0.717) is 0 Å². The molecular formula is C9H19N. The summed E-state index contributed by atoms with van der Waals surface area (Å²) in [6.07, 6.45) is 6.99. The zero-order valence-electron chi connectivity index (χ0n) is 6.97. The van der Waals surface area contributed by atoms with Crippen LogP contribution < -0.4 is 5.73 Å². The molecule has 0 unspecified atom stereocenters. The van der Waals surface area contributed by atoms with Gasteiger partial charge in [-0.05, 0) is 24.8 Å². The molecule has 0 aliphatic heterocycles. The fraction of sp³-hybridized carbons (Fsp3) is 1.00. The second-order valence-corrected chi connectivity index (χ2v) is 3.48. The molecule has 1 heteroatoms. The lowest BCUT2D eigenvalue weighted by Crippen LogP contribution is -2.18. The largest absolute Gasteiger partial charge is 0.330 e. The molecular weight excluding hydrogens is 122 g/mol. The van der Waals surface area contributed by atoms with Gasteiger partial charge in [-0.2, -0.15) is 0 Å². The Labute approximate surface area is 64.0 Å². The number of hydrogen-bond donors (Lipinski definition) is 1. The lowest BCUT2D eigenvalue weighted by atomic mass is 9.92. The summed E-state index contributed by atoms with van der Waals surface area (Å²) in [4.78, 5) is 0. The van der Waals surface area contributed by atoms with Crippen LogP contribution in [0.1, 0.15) is 39.0 Å². The van der Waals surface area contributed by atoms with Gasteiger partial charge >= 0.3 is 0 Å². The van der Waals surface area contributed by atoms with Gasteiger partial charge in [0.25, 0.3) is 0 Å². The van der Waals surface area contributed by atoms with Crippen LogP contribution in [0.2, 0.25) is 0 Å². The van der Waals surface area contributed by atoms with Crippen LogP contribution in [-0.4, -0.2) is 6.54 Å². The molecule has 1 fully saturated rings. The van der Waals surface area contributed by atoms with Gasteiger partial charge in [0.15, 0.2) is 0 Å². The van der Waals surface area contributed by atoms with Gasteiger partial charge in [-0.25, -0.2) is 0 Å². The van der Waals surface area contributed by atoms with E-state index in [1.807, 2.05) is 0 Å². The molecule has 1 aliphatic rings. The van der Waals surface area contributed by atoms with Crippen molar-refractivity contribution in [2.45, 2.75) is 39.0 Å². The van der Waals surface area contributed by atoms with Crippen LogP contribution in [-0.2, 0) is 0 Å². The van der Waals surface area contributed by atoms with Crippen molar-refractivity contribution >= 4 is 0 Å². The highest BCUT2D eigenvalue weighted by atomic mass is 14.6. The van der Waals surface area contributed by atoms with Gasteiger partial charge in [-0.15, -0.1) is 0 Å². The van der Waals surface area contributed by atoms with E-state index in [1.165, 1.54) is 32.1 Å². The Morgan fingerprint density at radius 1 is 1.30 bits per heavy atom. The molecule has 0 aromatic carbocycles. The third-order valence-electron chi connectivity index (χ3n) is 2.78. The maximum Gasteiger partial charge on any atom is -0.00462 e. The van der Waals surface area contributed by atoms with E-state index in [-0.39, 0.29) is 0 Å². The number of nitrogens with two attached hydrogens (primary N) is 1. The summed E-state index contributed by atoms with van der Waals surface area (Å²) in [6.45, 7) is 3.19. The minimum Gasteiger partial charge on any atom is -0.330 e. The Bertz CT molecular complexity index is 90.7. The zero-order valence-corrected chi connectivity index (χ0v) is 6.97. The minimum atomic E-state index is 0.861. The third kappa shape index (κ3) is 1.72. The maximum atomic E-state index is 5.65. The molecule has 0 saturated heterocycles. The maximum absolute atomic E-state index is 5.65. The van der Waals surface area contributed by atoms with Crippen LogP contribution in [0.5, 0.6) is 0 Å². The second-order valence-electron chi connectivity index (χ2n) is 3.48. The molecule has 2 N–H and O–H groups in total. The van der Waals surface area contributed by atoms with Crippen LogP contribution in [0.15, 0.2) is 0 Å². The van der Waals surface area contributed by atoms with Crippen molar-refractivity contribution in [3.05, 3.63) is 0 Å². The van der Waals surface area contributed by atoms with Crippen molar-refractivity contribution in [1.82, 2.24) is 0 Å². The molecule has 1 nitrogen and oxygen atoms in total. The van der Waals surface area contributed by atoms with E-state index < -0.39 is 0 Å². The molecule has 0 aromatic rings. The fourth-order valence-electron chi connectivity index (χ4n) is 2.17. The highest BCUT2D eigenvalue weighted by Crippen LogP contribution is 2.33. The van der Waals surface area contributed by atoms with Crippen LogP contribution >= 0.6 is 0 Å². The van der Waals surface area contributed by atoms with Crippen LogP contribution in [0.4, 0.5) is 0 Å². The Balaban J connectivity index is 2.27. The molecule has 2 atom stereocenters. The van der Waals surface area contributed by atoms with Gasteiger partial charge in [0, 0.05) is 0 Å². The predicted octanol–water partition coefficient (Wildman–Crippen LogP) is 2.16. The van der Waals surface area contributed by atoms with Crippen molar-refractivity contribution in [3.63, 3.8) is 0 Å². The van der Waals surface area contributed by atoms with Gasteiger partial charge in [0.05, 0.1) is 0 Å². The fourth-order valence-corrected chi connectivity index (χ4v) is 2.17. The van der Waals surface area contributed by atoms with Crippen molar-refractivity contribution in [1.29, 1.82) is 0 Å². The average molecular weight is 141 g/mol. The van der Waals surface area contributed by atoms with Gasteiger partial charge in [-0.3, -0.25) is 0 Å². The molecule has 0 heterocycles. The van der Waals surface area contributed by atoms with Crippen molar-refractivity contribution < 1.29 is 0 Å². The van der Waals surface area contributed by atoms with Crippen LogP contribution in [0.3, 0.4) is 0 Å². The number of rotatable bonds is 3. The summed E-state index contributed by atoms with van der Waals surface area (Å²) >= 11 is 0. The van der Waals surface area contributed by atoms with Crippen LogP contribution in [0.25, 0.3) is 0 Å². The minimum absolute atomic E-state index is 0.861. The molecule has 0 bridgehead atoms. The highest BCUT2D eigenvalue weighted by molar-refractivity contribution is 4.77. The lowest BCUT2D eigenvalue weighted by molar-refractivity contribution is 0.369.